The van der Waals surface area contributed by atoms with Gasteiger partial charge in [0.05, 0.1) is 11.4 Å². The van der Waals surface area contributed by atoms with Gasteiger partial charge in [0.1, 0.15) is 11.9 Å². The SMILES string of the molecule is OC(Cc1ccccc1F)c1ccn(-c2ccccc2)n1. The first-order valence-electron chi connectivity index (χ1n) is 6.76. The van der Waals surface area contributed by atoms with Gasteiger partial charge < -0.3 is 5.11 Å². The standard InChI is InChI=1S/C17H15FN2O/c18-15-9-5-4-6-13(15)12-17(21)16-10-11-20(19-16)14-7-2-1-3-8-14/h1-11,17,21H,12H2. The van der Waals surface area contributed by atoms with Gasteiger partial charge in [-0.1, -0.05) is 36.4 Å². The quantitative estimate of drug-likeness (QED) is 0.797. The van der Waals surface area contributed by atoms with Gasteiger partial charge in [-0.25, -0.2) is 9.07 Å². The molecule has 21 heavy (non-hydrogen) atoms. The maximum atomic E-state index is 13.6. The number of aliphatic hydroxyl groups is 1. The summed E-state index contributed by atoms with van der Waals surface area (Å²) >= 11 is 0. The minimum Gasteiger partial charge on any atom is -0.386 e. The molecule has 1 aromatic heterocycles. The van der Waals surface area contributed by atoms with Crippen molar-refractivity contribution in [3.63, 3.8) is 0 Å². The van der Waals surface area contributed by atoms with Crippen LogP contribution in [-0.4, -0.2) is 14.9 Å². The second-order valence-corrected chi connectivity index (χ2v) is 4.83. The minimum atomic E-state index is -0.827. The zero-order valence-corrected chi connectivity index (χ0v) is 11.4. The molecule has 0 saturated carbocycles. The molecule has 0 saturated heterocycles. The molecule has 106 valence electrons. The number of hydrogen-bond acceptors (Lipinski definition) is 2. The average molecular weight is 282 g/mol. The Labute approximate surface area is 122 Å². The van der Waals surface area contributed by atoms with Crippen LogP contribution in [0.2, 0.25) is 0 Å². The summed E-state index contributed by atoms with van der Waals surface area (Å²) in [6, 6.07) is 17.8. The Balaban J connectivity index is 1.79. The molecule has 0 radical (unpaired) electrons. The molecule has 2 aromatic carbocycles. The fraction of sp³-hybridized carbons (Fsp3) is 0.118. The van der Waals surface area contributed by atoms with Crippen molar-refractivity contribution in [2.45, 2.75) is 12.5 Å². The van der Waals surface area contributed by atoms with Crippen LogP contribution in [-0.2, 0) is 6.42 Å². The number of hydrogen-bond donors (Lipinski definition) is 1. The highest BCUT2D eigenvalue weighted by atomic mass is 19.1. The molecule has 3 aromatic rings. The molecular formula is C17H15FN2O. The second kappa shape index (κ2) is 5.89. The molecule has 0 aliphatic heterocycles. The number of rotatable bonds is 4. The first kappa shape index (κ1) is 13.5. The topological polar surface area (TPSA) is 38.0 Å². The summed E-state index contributed by atoms with van der Waals surface area (Å²) < 4.78 is 15.3. The van der Waals surface area contributed by atoms with Crippen LogP contribution in [0, 0.1) is 5.82 Å². The number of aromatic nitrogens is 2. The molecule has 0 bridgehead atoms. The zero-order chi connectivity index (χ0) is 14.7. The molecule has 1 heterocycles. The Hall–Kier alpha value is -2.46. The van der Waals surface area contributed by atoms with E-state index >= 15 is 0 Å². The summed E-state index contributed by atoms with van der Waals surface area (Å²) in [5.74, 6) is -0.306. The van der Waals surface area contributed by atoms with Crippen molar-refractivity contribution in [1.82, 2.24) is 9.78 Å². The van der Waals surface area contributed by atoms with E-state index in [9.17, 15) is 9.50 Å². The summed E-state index contributed by atoms with van der Waals surface area (Å²) in [6.45, 7) is 0. The van der Waals surface area contributed by atoms with Gasteiger partial charge in [-0.3, -0.25) is 0 Å². The van der Waals surface area contributed by atoms with E-state index in [-0.39, 0.29) is 12.2 Å². The van der Waals surface area contributed by atoms with E-state index in [1.165, 1.54) is 6.07 Å². The summed E-state index contributed by atoms with van der Waals surface area (Å²) in [7, 11) is 0. The summed E-state index contributed by atoms with van der Waals surface area (Å²) in [6.07, 6.45) is 1.17. The lowest BCUT2D eigenvalue weighted by atomic mass is 10.1. The smallest absolute Gasteiger partial charge is 0.126 e. The largest absolute Gasteiger partial charge is 0.386 e. The summed E-state index contributed by atoms with van der Waals surface area (Å²) in [5, 5.41) is 14.6. The maximum absolute atomic E-state index is 13.6. The average Bonchev–Trinajstić information content (AvgIpc) is 3.00. The third kappa shape index (κ3) is 3.01. The first-order valence-corrected chi connectivity index (χ1v) is 6.76. The van der Waals surface area contributed by atoms with Crippen molar-refractivity contribution < 1.29 is 9.50 Å². The first-order chi connectivity index (χ1) is 10.2. The van der Waals surface area contributed by atoms with Crippen molar-refractivity contribution in [2.24, 2.45) is 0 Å². The van der Waals surface area contributed by atoms with Gasteiger partial charge in [0.2, 0.25) is 0 Å². The van der Waals surface area contributed by atoms with Crippen LogP contribution >= 0.6 is 0 Å². The van der Waals surface area contributed by atoms with Crippen LogP contribution in [0.5, 0.6) is 0 Å². The van der Waals surface area contributed by atoms with Gasteiger partial charge >= 0.3 is 0 Å². The molecule has 3 rings (SSSR count). The fourth-order valence-electron chi connectivity index (χ4n) is 2.22. The highest BCUT2D eigenvalue weighted by molar-refractivity contribution is 5.30. The maximum Gasteiger partial charge on any atom is 0.126 e. The van der Waals surface area contributed by atoms with Crippen molar-refractivity contribution in [3.05, 3.63) is 83.9 Å². The molecule has 0 spiro atoms. The molecule has 0 aliphatic rings. The van der Waals surface area contributed by atoms with Gasteiger partial charge in [-0.15, -0.1) is 0 Å². The van der Waals surface area contributed by atoms with E-state index in [1.54, 1.807) is 35.1 Å². The lowest BCUT2D eigenvalue weighted by Gasteiger charge is -2.08. The van der Waals surface area contributed by atoms with E-state index in [1.807, 2.05) is 30.3 Å². The molecule has 4 heteroatoms. The van der Waals surface area contributed by atoms with Gasteiger partial charge in [0, 0.05) is 12.6 Å². The van der Waals surface area contributed by atoms with Crippen LogP contribution < -0.4 is 0 Å². The van der Waals surface area contributed by atoms with Crippen molar-refractivity contribution in [3.8, 4) is 5.69 Å². The normalized spacial score (nSPS) is 12.3. The second-order valence-electron chi connectivity index (χ2n) is 4.83. The Bertz CT molecular complexity index is 724. The highest BCUT2D eigenvalue weighted by Gasteiger charge is 2.14. The molecule has 1 unspecified atom stereocenters. The molecular weight excluding hydrogens is 267 g/mol. The molecule has 3 nitrogen and oxygen atoms in total. The third-order valence-corrected chi connectivity index (χ3v) is 3.34. The predicted molar refractivity (Wildman–Crippen MR) is 78.6 cm³/mol. The van der Waals surface area contributed by atoms with Crippen molar-refractivity contribution in [2.75, 3.05) is 0 Å². The van der Waals surface area contributed by atoms with E-state index in [0.29, 0.717) is 11.3 Å². The lowest BCUT2D eigenvalue weighted by Crippen LogP contribution is -2.05. The third-order valence-electron chi connectivity index (χ3n) is 3.34. The Morgan fingerprint density at radius 3 is 2.48 bits per heavy atom. The zero-order valence-electron chi connectivity index (χ0n) is 11.4. The van der Waals surface area contributed by atoms with Gasteiger partial charge in [-0.05, 0) is 29.8 Å². The predicted octanol–water partition coefficient (Wildman–Crippen LogP) is 3.29. The van der Waals surface area contributed by atoms with Crippen molar-refractivity contribution >= 4 is 0 Å². The van der Waals surface area contributed by atoms with Gasteiger partial charge in [0.15, 0.2) is 0 Å². The van der Waals surface area contributed by atoms with Gasteiger partial charge in [-0.2, -0.15) is 5.10 Å². The number of halogens is 1. The molecule has 1 atom stereocenters. The number of para-hydroxylation sites is 1. The lowest BCUT2D eigenvalue weighted by molar-refractivity contribution is 0.172. The minimum absolute atomic E-state index is 0.207. The Morgan fingerprint density at radius 2 is 1.71 bits per heavy atom. The van der Waals surface area contributed by atoms with Crippen LogP contribution in [0.3, 0.4) is 0 Å². The van der Waals surface area contributed by atoms with Crippen LogP contribution in [0.25, 0.3) is 5.69 Å². The Kier molecular flexibility index (Phi) is 3.79. The van der Waals surface area contributed by atoms with Crippen LogP contribution in [0.4, 0.5) is 4.39 Å². The van der Waals surface area contributed by atoms with E-state index in [4.69, 9.17) is 0 Å². The molecule has 1 N–H and O–H groups in total. The van der Waals surface area contributed by atoms with Gasteiger partial charge in [0.25, 0.3) is 0 Å². The number of nitrogens with zero attached hydrogens (tertiary/aromatic N) is 2. The highest BCUT2D eigenvalue weighted by Crippen LogP contribution is 2.19. The monoisotopic (exact) mass is 282 g/mol. The van der Waals surface area contributed by atoms with E-state index in [0.717, 1.165) is 5.69 Å². The number of aliphatic hydroxyl groups excluding tert-OH is 1. The summed E-state index contributed by atoms with van der Waals surface area (Å²) in [5.41, 5.74) is 1.93. The van der Waals surface area contributed by atoms with E-state index < -0.39 is 6.10 Å². The number of benzene rings is 2. The summed E-state index contributed by atoms with van der Waals surface area (Å²) in [4.78, 5) is 0. The van der Waals surface area contributed by atoms with Crippen molar-refractivity contribution in [1.29, 1.82) is 0 Å². The Morgan fingerprint density at radius 1 is 1.00 bits per heavy atom. The van der Waals surface area contributed by atoms with Crippen LogP contribution in [0.15, 0.2) is 66.9 Å². The van der Waals surface area contributed by atoms with Crippen LogP contribution in [0.1, 0.15) is 17.4 Å². The molecule has 0 aliphatic carbocycles. The van der Waals surface area contributed by atoms with E-state index in [2.05, 4.69) is 5.10 Å². The molecule has 0 amide bonds. The fourth-order valence-corrected chi connectivity index (χ4v) is 2.22. The molecule has 0 fully saturated rings.